The van der Waals surface area contributed by atoms with Gasteiger partial charge in [0, 0.05) is 27.1 Å². The fraction of sp³-hybridized carbons (Fsp3) is 1.00. The maximum Gasteiger partial charge on any atom is 0.161 e. The first kappa shape index (κ1) is 17.1. The summed E-state index contributed by atoms with van der Waals surface area (Å²) in [6.07, 6.45) is -2.86. The third-order valence-electron chi connectivity index (χ3n) is 4.20. The standard InChI is InChI=1S/C14H26O7/c1-7-13(16)9(17-3)6-12(20-7)21-14-8(2)19-11(15)5-10(14)18-4/h7-16H,5-6H2,1-4H3/t7-,8-,9?,10?,11+,12-,13-,14-/m0/s1. The number of aliphatic hydroxyl groups is 2. The van der Waals surface area contributed by atoms with Gasteiger partial charge in [-0.1, -0.05) is 0 Å². The molecule has 2 saturated heterocycles. The van der Waals surface area contributed by atoms with Gasteiger partial charge in [0.25, 0.3) is 0 Å². The quantitative estimate of drug-likeness (QED) is 0.757. The summed E-state index contributed by atoms with van der Waals surface area (Å²) in [5.74, 6) is 0. The van der Waals surface area contributed by atoms with E-state index < -0.39 is 18.7 Å². The molecule has 2 aliphatic heterocycles. The Balaban J connectivity index is 1.99. The molecule has 7 nitrogen and oxygen atoms in total. The number of rotatable bonds is 4. The molecule has 0 spiro atoms. The van der Waals surface area contributed by atoms with Crippen LogP contribution in [-0.2, 0) is 23.7 Å². The van der Waals surface area contributed by atoms with E-state index in [2.05, 4.69) is 0 Å². The minimum absolute atomic E-state index is 0.268. The minimum Gasteiger partial charge on any atom is -0.388 e. The molecule has 0 aromatic rings. The van der Waals surface area contributed by atoms with Crippen molar-refractivity contribution in [3.8, 4) is 0 Å². The predicted molar refractivity (Wildman–Crippen MR) is 72.6 cm³/mol. The molecule has 7 heteroatoms. The van der Waals surface area contributed by atoms with Crippen LogP contribution in [0.25, 0.3) is 0 Å². The minimum atomic E-state index is -0.843. The first-order valence-electron chi connectivity index (χ1n) is 7.34. The van der Waals surface area contributed by atoms with Crippen LogP contribution < -0.4 is 0 Å². The summed E-state index contributed by atoms with van der Waals surface area (Å²) in [5.41, 5.74) is 0. The summed E-state index contributed by atoms with van der Waals surface area (Å²) >= 11 is 0. The van der Waals surface area contributed by atoms with E-state index in [1.807, 2.05) is 6.92 Å². The maximum absolute atomic E-state index is 9.96. The second kappa shape index (κ2) is 7.32. The fourth-order valence-corrected chi connectivity index (χ4v) is 2.95. The zero-order valence-corrected chi connectivity index (χ0v) is 13.0. The summed E-state index contributed by atoms with van der Waals surface area (Å²) in [5, 5.41) is 19.6. The lowest BCUT2D eigenvalue weighted by Crippen LogP contribution is -2.54. The van der Waals surface area contributed by atoms with Crippen LogP contribution in [0.15, 0.2) is 0 Å². The molecule has 2 rings (SSSR count). The predicted octanol–water partition coefficient (Wildman–Crippen LogP) is 0.0246. The third-order valence-corrected chi connectivity index (χ3v) is 4.20. The summed E-state index contributed by atoms with van der Waals surface area (Å²) in [6, 6.07) is 0. The van der Waals surface area contributed by atoms with Crippen molar-refractivity contribution in [3.63, 3.8) is 0 Å². The van der Waals surface area contributed by atoms with Crippen LogP contribution in [0, 0.1) is 0 Å². The largest absolute Gasteiger partial charge is 0.388 e. The Morgan fingerprint density at radius 3 is 2.19 bits per heavy atom. The molecule has 21 heavy (non-hydrogen) atoms. The van der Waals surface area contributed by atoms with Gasteiger partial charge < -0.3 is 33.9 Å². The van der Waals surface area contributed by atoms with Crippen molar-refractivity contribution in [2.75, 3.05) is 14.2 Å². The SMILES string of the molecule is COC1C[C@H](O[C@@H]2C(OC)C[C@H](O)O[C@H]2C)O[C@@H](C)[C@@H]1O. The number of ether oxygens (including phenoxy) is 5. The Hall–Kier alpha value is -0.280. The third kappa shape index (κ3) is 3.92. The highest BCUT2D eigenvalue weighted by Crippen LogP contribution is 2.29. The Morgan fingerprint density at radius 1 is 0.905 bits per heavy atom. The highest BCUT2D eigenvalue weighted by Gasteiger charge is 2.42. The highest BCUT2D eigenvalue weighted by molar-refractivity contribution is 4.86. The Kier molecular flexibility index (Phi) is 5.96. The first-order chi connectivity index (χ1) is 9.96. The Labute approximate surface area is 125 Å². The Morgan fingerprint density at radius 2 is 1.57 bits per heavy atom. The topological polar surface area (TPSA) is 86.6 Å². The molecule has 2 unspecified atom stereocenters. The van der Waals surface area contributed by atoms with Crippen LogP contribution in [0.2, 0.25) is 0 Å². The normalized spacial score (nSPS) is 48.3. The number of methoxy groups -OCH3 is 2. The number of aliphatic hydroxyl groups excluding tert-OH is 2. The van der Waals surface area contributed by atoms with Gasteiger partial charge in [-0.2, -0.15) is 0 Å². The summed E-state index contributed by atoms with van der Waals surface area (Å²) in [7, 11) is 3.14. The van der Waals surface area contributed by atoms with E-state index in [0.29, 0.717) is 12.8 Å². The van der Waals surface area contributed by atoms with Gasteiger partial charge in [-0.15, -0.1) is 0 Å². The van der Waals surface area contributed by atoms with Crippen molar-refractivity contribution in [1.29, 1.82) is 0 Å². The molecule has 124 valence electrons. The van der Waals surface area contributed by atoms with Crippen molar-refractivity contribution >= 4 is 0 Å². The van der Waals surface area contributed by atoms with Crippen molar-refractivity contribution in [3.05, 3.63) is 0 Å². The van der Waals surface area contributed by atoms with Crippen LogP contribution in [0.3, 0.4) is 0 Å². The van der Waals surface area contributed by atoms with Crippen molar-refractivity contribution in [2.45, 2.75) is 75.9 Å². The number of hydrogen-bond donors (Lipinski definition) is 2. The van der Waals surface area contributed by atoms with E-state index in [1.165, 1.54) is 0 Å². The summed E-state index contributed by atoms with van der Waals surface area (Å²) in [6.45, 7) is 3.61. The van der Waals surface area contributed by atoms with Crippen LogP contribution >= 0.6 is 0 Å². The number of hydrogen-bond acceptors (Lipinski definition) is 7. The van der Waals surface area contributed by atoms with Crippen molar-refractivity contribution in [1.82, 2.24) is 0 Å². The zero-order valence-electron chi connectivity index (χ0n) is 13.0. The van der Waals surface area contributed by atoms with Gasteiger partial charge in [-0.3, -0.25) is 0 Å². The van der Waals surface area contributed by atoms with Gasteiger partial charge in [0.2, 0.25) is 0 Å². The fourth-order valence-electron chi connectivity index (χ4n) is 2.95. The molecule has 0 aliphatic carbocycles. The molecule has 0 saturated carbocycles. The van der Waals surface area contributed by atoms with Gasteiger partial charge in [-0.25, -0.2) is 0 Å². The van der Waals surface area contributed by atoms with E-state index in [4.69, 9.17) is 23.7 Å². The lowest BCUT2D eigenvalue weighted by Gasteiger charge is -2.42. The van der Waals surface area contributed by atoms with E-state index in [0.717, 1.165) is 0 Å². The van der Waals surface area contributed by atoms with Crippen LogP contribution in [0.5, 0.6) is 0 Å². The molecule has 0 aromatic heterocycles. The lowest BCUT2D eigenvalue weighted by molar-refractivity contribution is -0.310. The molecule has 8 atom stereocenters. The molecule has 0 radical (unpaired) electrons. The van der Waals surface area contributed by atoms with Gasteiger partial charge in [0.05, 0.1) is 24.4 Å². The smallest absolute Gasteiger partial charge is 0.161 e. The molecule has 0 amide bonds. The molecular weight excluding hydrogens is 280 g/mol. The maximum atomic E-state index is 9.96. The van der Waals surface area contributed by atoms with E-state index in [9.17, 15) is 10.2 Å². The van der Waals surface area contributed by atoms with Crippen molar-refractivity contribution < 1.29 is 33.9 Å². The average molecular weight is 306 g/mol. The van der Waals surface area contributed by atoms with Crippen LogP contribution in [0.1, 0.15) is 26.7 Å². The molecule has 0 aromatic carbocycles. The zero-order chi connectivity index (χ0) is 15.6. The van der Waals surface area contributed by atoms with E-state index in [1.54, 1.807) is 21.1 Å². The van der Waals surface area contributed by atoms with Gasteiger partial charge in [0.15, 0.2) is 12.6 Å². The van der Waals surface area contributed by atoms with E-state index in [-0.39, 0.29) is 30.5 Å². The average Bonchev–Trinajstić information content (AvgIpc) is 2.45. The second-order valence-electron chi connectivity index (χ2n) is 5.68. The van der Waals surface area contributed by atoms with Crippen LogP contribution in [-0.4, -0.2) is 73.6 Å². The van der Waals surface area contributed by atoms with Crippen molar-refractivity contribution in [2.24, 2.45) is 0 Å². The van der Waals surface area contributed by atoms with Gasteiger partial charge >= 0.3 is 0 Å². The summed E-state index contributed by atoms with van der Waals surface area (Å²) < 4.78 is 27.7. The molecule has 2 heterocycles. The summed E-state index contributed by atoms with van der Waals surface area (Å²) in [4.78, 5) is 0. The lowest BCUT2D eigenvalue weighted by atomic mass is 10.0. The second-order valence-corrected chi connectivity index (χ2v) is 5.68. The van der Waals surface area contributed by atoms with Crippen LogP contribution in [0.4, 0.5) is 0 Å². The molecule has 0 bridgehead atoms. The van der Waals surface area contributed by atoms with E-state index >= 15 is 0 Å². The highest BCUT2D eigenvalue weighted by atomic mass is 16.7. The molecule has 2 aliphatic rings. The monoisotopic (exact) mass is 306 g/mol. The molecule has 2 N–H and O–H groups in total. The Bertz CT molecular complexity index is 326. The first-order valence-corrected chi connectivity index (χ1v) is 7.34. The molecular formula is C14H26O7. The van der Waals surface area contributed by atoms with Gasteiger partial charge in [-0.05, 0) is 13.8 Å². The molecule has 2 fully saturated rings. The van der Waals surface area contributed by atoms with Gasteiger partial charge in [0.1, 0.15) is 12.2 Å².